The van der Waals surface area contributed by atoms with Gasteiger partial charge >= 0.3 is 5.97 Å². The van der Waals surface area contributed by atoms with Crippen molar-refractivity contribution in [1.82, 2.24) is 14.8 Å². The number of nitrogens with zero attached hydrogens (tertiary/aromatic N) is 3. The number of nitrogens with one attached hydrogen (secondary N) is 1. The Labute approximate surface area is 133 Å². The van der Waals surface area contributed by atoms with E-state index in [0.717, 1.165) is 5.56 Å². The molecule has 1 aliphatic rings. The molecular formula is C16H18N4O3. The third-order valence-corrected chi connectivity index (χ3v) is 4.41. The van der Waals surface area contributed by atoms with Crippen LogP contribution in [0.15, 0.2) is 36.9 Å². The van der Waals surface area contributed by atoms with Crippen LogP contribution < -0.4 is 5.32 Å². The van der Waals surface area contributed by atoms with Crippen LogP contribution in [0, 0.1) is 17.3 Å². The molecule has 7 nitrogen and oxygen atoms in total. The predicted octanol–water partition coefficient (Wildman–Crippen LogP) is 1.62. The molecule has 0 saturated heterocycles. The van der Waals surface area contributed by atoms with E-state index in [4.69, 9.17) is 5.11 Å². The second-order valence-corrected chi connectivity index (χ2v) is 6.39. The van der Waals surface area contributed by atoms with Crippen molar-refractivity contribution in [1.29, 1.82) is 0 Å². The van der Waals surface area contributed by atoms with Gasteiger partial charge in [0.25, 0.3) is 0 Å². The second-order valence-electron chi connectivity index (χ2n) is 6.39. The standard InChI is InChI=1S/C16H18N4O3/c1-16(2)12(13(16)15(22)23)14(21)19-11-5-3-10(4-6-11)7-20-9-17-8-18-20/h3-6,8-9,12-13H,7H2,1-2H3,(H,19,21)(H,22,23). The molecule has 7 heteroatoms. The molecule has 0 aliphatic heterocycles. The number of carboxylic acids is 1. The van der Waals surface area contributed by atoms with E-state index in [1.165, 1.54) is 6.33 Å². The molecule has 1 aromatic heterocycles. The molecule has 2 unspecified atom stereocenters. The van der Waals surface area contributed by atoms with Crippen molar-refractivity contribution in [3.8, 4) is 0 Å². The summed E-state index contributed by atoms with van der Waals surface area (Å²) in [5.41, 5.74) is 1.19. The van der Waals surface area contributed by atoms with Crippen molar-refractivity contribution >= 4 is 17.6 Å². The van der Waals surface area contributed by atoms with Gasteiger partial charge in [0.1, 0.15) is 12.7 Å². The summed E-state index contributed by atoms with van der Waals surface area (Å²) in [7, 11) is 0. The highest BCUT2D eigenvalue weighted by molar-refractivity contribution is 5.99. The van der Waals surface area contributed by atoms with Gasteiger partial charge in [0.15, 0.2) is 0 Å². The number of anilines is 1. The van der Waals surface area contributed by atoms with Gasteiger partial charge in [-0.1, -0.05) is 26.0 Å². The molecule has 23 heavy (non-hydrogen) atoms. The topological polar surface area (TPSA) is 97.1 Å². The third-order valence-electron chi connectivity index (χ3n) is 4.41. The highest BCUT2D eigenvalue weighted by Gasteiger charge is 2.65. The molecule has 1 saturated carbocycles. The van der Waals surface area contributed by atoms with Crippen molar-refractivity contribution in [2.45, 2.75) is 20.4 Å². The number of amides is 1. The molecule has 1 aromatic carbocycles. The minimum absolute atomic E-state index is 0.244. The first-order valence-corrected chi connectivity index (χ1v) is 7.34. The maximum atomic E-state index is 12.2. The van der Waals surface area contributed by atoms with Crippen molar-refractivity contribution in [3.05, 3.63) is 42.5 Å². The van der Waals surface area contributed by atoms with Gasteiger partial charge in [-0.3, -0.25) is 9.59 Å². The Hall–Kier alpha value is -2.70. The Morgan fingerprint density at radius 1 is 1.26 bits per heavy atom. The summed E-state index contributed by atoms with van der Waals surface area (Å²) in [6, 6.07) is 7.39. The monoisotopic (exact) mass is 314 g/mol. The second kappa shape index (κ2) is 5.49. The van der Waals surface area contributed by atoms with Crippen LogP contribution in [-0.2, 0) is 16.1 Å². The Morgan fingerprint density at radius 3 is 2.48 bits per heavy atom. The fourth-order valence-corrected chi connectivity index (χ4v) is 3.00. The van der Waals surface area contributed by atoms with Crippen LogP contribution in [0.5, 0.6) is 0 Å². The van der Waals surface area contributed by atoms with Crippen LogP contribution in [0.25, 0.3) is 0 Å². The number of aliphatic carboxylic acids is 1. The average Bonchev–Trinajstić information content (AvgIpc) is 2.83. The Bertz CT molecular complexity index is 722. The van der Waals surface area contributed by atoms with Gasteiger partial charge in [0.05, 0.1) is 18.4 Å². The zero-order valence-electron chi connectivity index (χ0n) is 12.9. The number of carbonyl (C=O) groups excluding carboxylic acids is 1. The molecule has 1 heterocycles. The van der Waals surface area contributed by atoms with Crippen LogP contribution in [-0.4, -0.2) is 31.7 Å². The Balaban J connectivity index is 1.62. The summed E-state index contributed by atoms with van der Waals surface area (Å²) < 4.78 is 1.71. The normalized spacial score (nSPS) is 21.7. The average molecular weight is 314 g/mol. The fourth-order valence-electron chi connectivity index (χ4n) is 3.00. The summed E-state index contributed by atoms with van der Waals surface area (Å²) >= 11 is 0. The van der Waals surface area contributed by atoms with Gasteiger partial charge < -0.3 is 10.4 Å². The van der Waals surface area contributed by atoms with E-state index in [1.807, 2.05) is 12.1 Å². The van der Waals surface area contributed by atoms with E-state index in [0.29, 0.717) is 12.2 Å². The van der Waals surface area contributed by atoms with Gasteiger partial charge in [0, 0.05) is 5.69 Å². The number of rotatable bonds is 5. The third kappa shape index (κ3) is 2.94. The van der Waals surface area contributed by atoms with Gasteiger partial charge in [-0.2, -0.15) is 5.10 Å². The largest absolute Gasteiger partial charge is 0.481 e. The van der Waals surface area contributed by atoms with E-state index >= 15 is 0 Å². The molecule has 1 fully saturated rings. The zero-order valence-corrected chi connectivity index (χ0v) is 12.9. The van der Waals surface area contributed by atoms with Crippen molar-refractivity contribution in [3.63, 3.8) is 0 Å². The summed E-state index contributed by atoms with van der Waals surface area (Å²) in [5.74, 6) is -2.27. The maximum Gasteiger partial charge on any atom is 0.307 e. The number of carbonyl (C=O) groups is 2. The van der Waals surface area contributed by atoms with Crippen molar-refractivity contribution < 1.29 is 14.7 Å². The quantitative estimate of drug-likeness (QED) is 0.874. The number of aromatic nitrogens is 3. The number of hydrogen-bond acceptors (Lipinski definition) is 4. The van der Waals surface area contributed by atoms with Gasteiger partial charge in [0.2, 0.25) is 5.91 Å². The smallest absolute Gasteiger partial charge is 0.307 e. The summed E-state index contributed by atoms with van der Waals surface area (Å²) in [6.45, 7) is 4.21. The van der Waals surface area contributed by atoms with Gasteiger partial charge in [-0.15, -0.1) is 0 Å². The van der Waals surface area contributed by atoms with Gasteiger partial charge in [-0.05, 0) is 23.1 Å². The number of benzene rings is 1. The maximum absolute atomic E-state index is 12.2. The minimum atomic E-state index is -0.918. The number of hydrogen-bond donors (Lipinski definition) is 2. The molecule has 0 radical (unpaired) electrons. The lowest BCUT2D eigenvalue weighted by molar-refractivity contribution is -0.140. The SMILES string of the molecule is CC1(C)C(C(=O)O)C1C(=O)Nc1ccc(Cn2cncn2)cc1. The van der Waals surface area contributed by atoms with Crippen LogP contribution in [0.3, 0.4) is 0 Å². The van der Waals surface area contributed by atoms with Crippen LogP contribution >= 0.6 is 0 Å². The molecule has 3 rings (SSSR count). The van der Waals surface area contributed by atoms with E-state index in [9.17, 15) is 9.59 Å². The molecule has 0 bridgehead atoms. The number of carboxylic acid groups (broad SMARTS) is 1. The first-order chi connectivity index (χ1) is 10.9. The van der Waals surface area contributed by atoms with Crippen LogP contribution in [0.4, 0.5) is 5.69 Å². The van der Waals surface area contributed by atoms with E-state index in [2.05, 4.69) is 15.4 Å². The minimum Gasteiger partial charge on any atom is -0.481 e. The summed E-state index contributed by atoms with van der Waals surface area (Å²) in [5, 5.41) is 16.0. The summed E-state index contributed by atoms with van der Waals surface area (Å²) in [4.78, 5) is 27.3. The molecule has 2 aromatic rings. The molecule has 2 N–H and O–H groups in total. The lowest BCUT2D eigenvalue weighted by atomic mass is 10.1. The molecule has 120 valence electrons. The Morgan fingerprint density at radius 2 is 1.96 bits per heavy atom. The van der Waals surface area contributed by atoms with Crippen LogP contribution in [0.1, 0.15) is 19.4 Å². The molecule has 2 atom stereocenters. The molecule has 1 amide bonds. The zero-order chi connectivity index (χ0) is 16.6. The predicted molar refractivity (Wildman–Crippen MR) is 82.6 cm³/mol. The van der Waals surface area contributed by atoms with Crippen LogP contribution in [0.2, 0.25) is 0 Å². The van der Waals surface area contributed by atoms with E-state index in [-0.39, 0.29) is 5.91 Å². The Kier molecular flexibility index (Phi) is 3.63. The highest BCUT2D eigenvalue weighted by Crippen LogP contribution is 2.58. The first-order valence-electron chi connectivity index (χ1n) is 7.34. The lowest BCUT2D eigenvalue weighted by Gasteiger charge is -2.07. The lowest BCUT2D eigenvalue weighted by Crippen LogP contribution is -2.17. The van der Waals surface area contributed by atoms with E-state index < -0.39 is 23.2 Å². The molecule has 0 spiro atoms. The van der Waals surface area contributed by atoms with Crippen molar-refractivity contribution in [2.24, 2.45) is 17.3 Å². The van der Waals surface area contributed by atoms with Gasteiger partial charge in [-0.25, -0.2) is 9.67 Å². The summed E-state index contributed by atoms with van der Waals surface area (Å²) in [6.07, 6.45) is 3.11. The fraction of sp³-hybridized carbons (Fsp3) is 0.375. The van der Waals surface area contributed by atoms with Crippen molar-refractivity contribution in [2.75, 3.05) is 5.32 Å². The first kappa shape index (κ1) is 15.2. The highest BCUT2D eigenvalue weighted by atomic mass is 16.4. The molecule has 1 aliphatic carbocycles. The van der Waals surface area contributed by atoms with E-state index in [1.54, 1.807) is 37.0 Å². The molecular weight excluding hydrogens is 296 g/mol.